The van der Waals surface area contributed by atoms with Crippen LogP contribution in [-0.4, -0.2) is 24.7 Å². The Bertz CT molecular complexity index is 1060. The largest absolute Gasteiger partial charge is 0.496 e. The van der Waals surface area contributed by atoms with Gasteiger partial charge < -0.3 is 14.4 Å². The zero-order valence-corrected chi connectivity index (χ0v) is 20.5. The lowest BCUT2D eigenvalue weighted by Gasteiger charge is -2.43. The highest BCUT2D eigenvalue weighted by Gasteiger charge is 2.51. The van der Waals surface area contributed by atoms with E-state index in [2.05, 4.69) is 88.0 Å². The highest BCUT2D eigenvalue weighted by molar-refractivity contribution is 7.70. The van der Waals surface area contributed by atoms with Gasteiger partial charge in [0.25, 0.3) is 0 Å². The molecule has 0 bridgehead atoms. The van der Waals surface area contributed by atoms with Crippen molar-refractivity contribution in [1.29, 1.82) is 0 Å². The van der Waals surface area contributed by atoms with Gasteiger partial charge in [0, 0.05) is 11.0 Å². The lowest BCUT2D eigenvalue weighted by atomic mass is 10.0. The summed E-state index contributed by atoms with van der Waals surface area (Å²) in [6, 6.07) is 23.4. The fraction of sp³-hybridized carbons (Fsp3) is 0.333. The second-order valence-electron chi connectivity index (χ2n) is 9.38. The van der Waals surface area contributed by atoms with Gasteiger partial charge in [0.15, 0.2) is 0 Å². The van der Waals surface area contributed by atoms with Crippen LogP contribution in [0.1, 0.15) is 34.6 Å². The van der Waals surface area contributed by atoms with E-state index in [4.69, 9.17) is 9.47 Å². The van der Waals surface area contributed by atoms with E-state index >= 15 is 0 Å². The van der Waals surface area contributed by atoms with Gasteiger partial charge in [-0.15, -0.1) is 0 Å². The van der Waals surface area contributed by atoms with Crippen LogP contribution in [0.4, 0.5) is 11.4 Å². The number of hydrogen-bond donors (Lipinski definition) is 0. The summed E-state index contributed by atoms with van der Waals surface area (Å²) in [4.78, 5) is 2.53. The van der Waals surface area contributed by atoms with Crippen molar-refractivity contribution < 1.29 is 9.47 Å². The summed E-state index contributed by atoms with van der Waals surface area (Å²) < 4.78 is 11.6. The number of ether oxygens (including phenoxy) is 2. The standard InChI is InChI=1S/C27H32NO2P/c1-26(2,3)31-25-20(24-22(29-6)17-12-18-23(24)30-7)15-11-16-21(25)28(27(31,4)5)19-13-9-8-10-14-19/h8-18H,1-7H3/t31-/m1/s1. The van der Waals surface area contributed by atoms with Crippen LogP contribution < -0.4 is 19.7 Å². The quantitative estimate of drug-likeness (QED) is 0.407. The Morgan fingerprint density at radius 3 is 1.90 bits per heavy atom. The molecule has 0 spiro atoms. The van der Waals surface area contributed by atoms with Crippen LogP contribution in [0, 0.1) is 0 Å². The first-order valence-corrected chi connectivity index (χ1v) is 12.1. The van der Waals surface area contributed by atoms with E-state index < -0.39 is 7.92 Å². The average molecular weight is 434 g/mol. The zero-order chi connectivity index (χ0) is 22.4. The molecule has 0 aliphatic carbocycles. The highest BCUT2D eigenvalue weighted by Crippen LogP contribution is 2.68. The Labute approximate surface area is 187 Å². The summed E-state index contributed by atoms with van der Waals surface area (Å²) >= 11 is 0. The number of hydrogen-bond acceptors (Lipinski definition) is 3. The van der Waals surface area contributed by atoms with Crippen molar-refractivity contribution in [1.82, 2.24) is 0 Å². The molecule has 0 fully saturated rings. The highest BCUT2D eigenvalue weighted by atomic mass is 31.1. The molecule has 31 heavy (non-hydrogen) atoms. The number of rotatable bonds is 4. The van der Waals surface area contributed by atoms with Gasteiger partial charge in [0.05, 0.1) is 30.8 Å². The van der Waals surface area contributed by atoms with E-state index in [0.29, 0.717) is 0 Å². The van der Waals surface area contributed by atoms with Crippen LogP contribution in [0.25, 0.3) is 11.1 Å². The summed E-state index contributed by atoms with van der Waals surface area (Å²) in [6.07, 6.45) is 0. The molecule has 3 nitrogen and oxygen atoms in total. The van der Waals surface area contributed by atoms with Gasteiger partial charge in [0.1, 0.15) is 11.5 Å². The Kier molecular flexibility index (Phi) is 5.52. The van der Waals surface area contributed by atoms with Gasteiger partial charge in [-0.3, -0.25) is 0 Å². The fourth-order valence-corrected chi connectivity index (χ4v) is 9.24. The third-order valence-electron chi connectivity index (χ3n) is 5.96. The Balaban J connectivity index is 2.08. The summed E-state index contributed by atoms with van der Waals surface area (Å²) in [5, 5.41) is 1.48. The minimum atomic E-state index is -0.573. The third-order valence-corrected chi connectivity index (χ3v) is 9.51. The molecule has 0 radical (unpaired) electrons. The normalized spacial score (nSPS) is 17.4. The smallest absolute Gasteiger partial charge is 0.130 e. The van der Waals surface area contributed by atoms with Gasteiger partial charge in [-0.1, -0.05) is 57.2 Å². The van der Waals surface area contributed by atoms with Crippen molar-refractivity contribution in [3.05, 3.63) is 66.7 Å². The van der Waals surface area contributed by atoms with Crippen LogP contribution in [0.2, 0.25) is 0 Å². The first-order chi connectivity index (χ1) is 14.7. The molecule has 3 aromatic rings. The van der Waals surface area contributed by atoms with Crippen LogP contribution in [0.3, 0.4) is 0 Å². The van der Waals surface area contributed by atoms with Gasteiger partial charge in [-0.25, -0.2) is 0 Å². The minimum Gasteiger partial charge on any atom is -0.496 e. The Morgan fingerprint density at radius 1 is 0.774 bits per heavy atom. The lowest BCUT2D eigenvalue weighted by molar-refractivity contribution is 0.397. The maximum absolute atomic E-state index is 5.80. The van der Waals surface area contributed by atoms with E-state index in [1.807, 2.05) is 18.2 Å². The summed E-state index contributed by atoms with van der Waals surface area (Å²) in [7, 11) is 2.89. The van der Waals surface area contributed by atoms with E-state index in [-0.39, 0.29) is 10.4 Å². The van der Waals surface area contributed by atoms with Crippen LogP contribution in [0.5, 0.6) is 11.5 Å². The number of methoxy groups -OCH3 is 2. The van der Waals surface area contributed by atoms with Crippen LogP contribution in [0.15, 0.2) is 66.7 Å². The number of fused-ring (bicyclic) bond motifs is 1. The molecule has 0 unspecified atom stereocenters. The molecule has 0 aromatic heterocycles. The van der Waals surface area contributed by atoms with E-state index in [1.54, 1.807) is 14.2 Å². The molecule has 1 aliphatic heterocycles. The number of para-hydroxylation sites is 1. The lowest BCUT2D eigenvalue weighted by Crippen LogP contribution is -2.38. The molecule has 4 heteroatoms. The SMILES string of the molecule is COc1cccc(OC)c1-c1cccc2c1[P@](C(C)(C)C)C(C)(C)N2c1ccccc1. The van der Waals surface area contributed by atoms with Crippen molar-refractivity contribution >= 4 is 24.6 Å². The molecule has 0 saturated carbocycles. The number of anilines is 2. The zero-order valence-electron chi connectivity index (χ0n) is 19.6. The maximum atomic E-state index is 5.80. The van der Waals surface area contributed by atoms with Crippen molar-refractivity contribution in [3.8, 4) is 22.6 Å². The van der Waals surface area contributed by atoms with Gasteiger partial charge in [-0.05, 0) is 62.8 Å². The molecular weight excluding hydrogens is 401 g/mol. The molecule has 4 rings (SSSR count). The predicted octanol–water partition coefficient (Wildman–Crippen LogP) is 7.16. The molecule has 162 valence electrons. The van der Waals surface area contributed by atoms with Gasteiger partial charge >= 0.3 is 0 Å². The summed E-state index contributed by atoms with van der Waals surface area (Å²) in [6.45, 7) is 11.9. The van der Waals surface area contributed by atoms with Crippen molar-refractivity contribution in [2.45, 2.75) is 45.1 Å². The molecule has 3 aromatic carbocycles. The van der Waals surface area contributed by atoms with Crippen molar-refractivity contribution in [2.75, 3.05) is 19.1 Å². The Morgan fingerprint density at radius 2 is 1.35 bits per heavy atom. The topological polar surface area (TPSA) is 21.7 Å². The van der Waals surface area contributed by atoms with Crippen LogP contribution in [-0.2, 0) is 0 Å². The van der Waals surface area contributed by atoms with E-state index in [0.717, 1.165) is 17.1 Å². The Hall–Kier alpha value is -2.51. The second-order valence-corrected chi connectivity index (χ2v) is 12.9. The average Bonchev–Trinajstić information content (AvgIpc) is 2.99. The number of benzene rings is 3. The molecule has 0 saturated heterocycles. The maximum Gasteiger partial charge on any atom is 0.130 e. The minimum absolute atomic E-state index is 0.0530. The molecule has 0 N–H and O–H groups in total. The summed E-state index contributed by atoms with van der Waals surface area (Å²) in [5.74, 6) is 1.68. The first kappa shape index (κ1) is 21.7. The molecular formula is C27H32NO2P. The molecule has 1 heterocycles. The van der Waals surface area contributed by atoms with Crippen molar-refractivity contribution in [3.63, 3.8) is 0 Å². The van der Waals surface area contributed by atoms with Gasteiger partial charge in [0.2, 0.25) is 0 Å². The third kappa shape index (κ3) is 3.49. The van der Waals surface area contributed by atoms with Crippen molar-refractivity contribution in [2.24, 2.45) is 0 Å². The monoisotopic (exact) mass is 433 g/mol. The second kappa shape index (κ2) is 7.88. The van der Waals surface area contributed by atoms with Gasteiger partial charge in [-0.2, -0.15) is 0 Å². The fourth-order valence-electron chi connectivity index (χ4n) is 5.12. The molecule has 1 aliphatic rings. The predicted molar refractivity (Wildman–Crippen MR) is 134 cm³/mol. The number of nitrogens with zero attached hydrogens (tertiary/aromatic N) is 1. The van der Waals surface area contributed by atoms with E-state index in [1.165, 1.54) is 22.2 Å². The summed E-state index contributed by atoms with van der Waals surface area (Å²) in [5.41, 5.74) is 4.75. The molecule has 0 amide bonds. The van der Waals surface area contributed by atoms with Crippen LogP contribution >= 0.6 is 7.92 Å². The van der Waals surface area contributed by atoms with E-state index in [9.17, 15) is 0 Å². The molecule has 1 atom stereocenters. The first-order valence-electron chi connectivity index (χ1n) is 10.7.